The van der Waals surface area contributed by atoms with E-state index in [1.54, 1.807) is 19.1 Å². The molecule has 0 saturated carbocycles. The molecule has 6 nitrogen and oxygen atoms in total. The van der Waals surface area contributed by atoms with Gasteiger partial charge in [-0.05, 0) is 34.9 Å². The Labute approximate surface area is 102 Å². The van der Waals surface area contributed by atoms with Crippen molar-refractivity contribution in [2.75, 3.05) is 5.73 Å². The van der Waals surface area contributed by atoms with Crippen LogP contribution in [0.3, 0.4) is 0 Å². The summed E-state index contributed by atoms with van der Waals surface area (Å²) < 4.78 is 17.1. The largest absolute Gasteiger partial charge is 0.379 e. The van der Waals surface area contributed by atoms with Gasteiger partial charge in [0.2, 0.25) is 11.5 Å². The van der Waals surface area contributed by atoms with E-state index in [-0.39, 0.29) is 23.4 Å². The van der Waals surface area contributed by atoms with E-state index < -0.39 is 5.91 Å². The number of carbonyl (C=O) groups is 1. The number of anilines is 1. The maximum absolute atomic E-state index is 12.8. The van der Waals surface area contributed by atoms with Crippen molar-refractivity contribution in [2.24, 2.45) is 0 Å². The molecule has 0 spiro atoms. The first-order chi connectivity index (χ1) is 8.58. The highest BCUT2D eigenvalue weighted by Crippen LogP contribution is 2.14. The van der Waals surface area contributed by atoms with Crippen LogP contribution in [0.5, 0.6) is 0 Å². The van der Waals surface area contributed by atoms with E-state index in [1.165, 1.54) is 12.1 Å². The SMILES string of the molecule is C[C@H](NC(=O)c1nonc1N)c1ccc(F)cc1. The van der Waals surface area contributed by atoms with Gasteiger partial charge >= 0.3 is 0 Å². The van der Waals surface area contributed by atoms with Gasteiger partial charge in [0.15, 0.2) is 0 Å². The standard InChI is InChI=1S/C11H11FN4O2/c1-6(7-2-4-8(12)5-3-7)14-11(17)9-10(13)16-18-15-9/h2-6H,1H3,(H2,13,16)(H,14,17)/t6-/m0/s1. The molecule has 1 amide bonds. The monoisotopic (exact) mass is 250 g/mol. The van der Waals surface area contributed by atoms with E-state index >= 15 is 0 Å². The van der Waals surface area contributed by atoms with Gasteiger partial charge in [-0.2, -0.15) is 0 Å². The van der Waals surface area contributed by atoms with Crippen LogP contribution in [-0.2, 0) is 0 Å². The van der Waals surface area contributed by atoms with Crippen LogP contribution in [0.1, 0.15) is 29.0 Å². The quantitative estimate of drug-likeness (QED) is 0.855. The van der Waals surface area contributed by atoms with Gasteiger partial charge in [0.05, 0.1) is 6.04 Å². The second-order valence-corrected chi connectivity index (χ2v) is 3.74. The molecule has 1 atom stereocenters. The number of nitrogens with one attached hydrogen (secondary N) is 1. The van der Waals surface area contributed by atoms with Crippen molar-refractivity contribution < 1.29 is 13.8 Å². The lowest BCUT2D eigenvalue weighted by molar-refractivity contribution is 0.0930. The van der Waals surface area contributed by atoms with Gasteiger partial charge < -0.3 is 11.1 Å². The summed E-state index contributed by atoms with van der Waals surface area (Å²) in [6.45, 7) is 1.76. The number of hydrogen-bond donors (Lipinski definition) is 2. The van der Waals surface area contributed by atoms with E-state index in [9.17, 15) is 9.18 Å². The molecule has 1 aromatic heterocycles. The fraction of sp³-hybridized carbons (Fsp3) is 0.182. The number of aromatic nitrogens is 2. The Morgan fingerprint density at radius 1 is 1.39 bits per heavy atom. The highest BCUT2D eigenvalue weighted by molar-refractivity contribution is 5.96. The third-order valence-corrected chi connectivity index (χ3v) is 2.45. The minimum absolute atomic E-state index is 0.0658. The van der Waals surface area contributed by atoms with Gasteiger partial charge in [0.1, 0.15) is 5.82 Å². The van der Waals surface area contributed by atoms with Crippen molar-refractivity contribution in [3.05, 3.63) is 41.3 Å². The third-order valence-electron chi connectivity index (χ3n) is 2.45. The highest BCUT2D eigenvalue weighted by atomic mass is 19.1. The van der Waals surface area contributed by atoms with Crippen LogP contribution < -0.4 is 11.1 Å². The molecule has 94 valence electrons. The van der Waals surface area contributed by atoms with Crippen molar-refractivity contribution in [3.8, 4) is 0 Å². The zero-order valence-corrected chi connectivity index (χ0v) is 9.55. The number of halogens is 1. The molecule has 0 aliphatic heterocycles. The summed E-state index contributed by atoms with van der Waals surface area (Å²) in [5.74, 6) is -0.897. The molecule has 3 N–H and O–H groups in total. The summed E-state index contributed by atoms with van der Waals surface area (Å²) in [7, 11) is 0. The Balaban J connectivity index is 2.08. The molecule has 2 aromatic rings. The number of benzene rings is 1. The van der Waals surface area contributed by atoms with Crippen molar-refractivity contribution in [1.29, 1.82) is 0 Å². The van der Waals surface area contributed by atoms with Crippen LogP contribution in [-0.4, -0.2) is 16.2 Å². The van der Waals surface area contributed by atoms with E-state index in [4.69, 9.17) is 5.73 Å². The molecule has 0 aliphatic rings. The minimum atomic E-state index is -0.495. The van der Waals surface area contributed by atoms with Crippen LogP contribution in [0, 0.1) is 5.82 Å². The molecule has 0 unspecified atom stereocenters. The lowest BCUT2D eigenvalue weighted by atomic mass is 10.1. The predicted octanol–water partition coefficient (Wildman–Crippen LogP) is 1.28. The normalized spacial score (nSPS) is 12.1. The average molecular weight is 250 g/mol. The average Bonchev–Trinajstić information content (AvgIpc) is 2.76. The van der Waals surface area contributed by atoms with E-state index in [0.717, 1.165) is 5.56 Å². The molecule has 18 heavy (non-hydrogen) atoms. The Morgan fingerprint density at radius 3 is 2.61 bits per heavy atom. The maximum Gasteiger partial charge on any atom is 0.277 e. The first-order valence-electron chi connectivity index (χ1n) is 5.22. The second-order valence-electron chi connectivity index (χ2n) is 3.74. The minimum Gasteiger partial charge on any atom is -0.379 e. The van der Waals surface area contributed by atoms with E-state index in [2.05, 4.69) is 20.3 Å². The molecule has 1 heterocycles. The molecular formula is C11H11FN4O2. The van der Waals surface area contributed by atoms with Gasteiger partial charge in [0, 0.05) is 0 Å². The lowest BCUT2D eigenvalue weighted by Gasteiger charge is -2.13. The van der Waals surface area contributed by atoms with Crippen LogP contribution >= 0.6 is 0 Å². The molecule has 2 rings (SSSR count). The number of carbonyl (C=O) groups excluding carboxylic acids is 1. The molecule has 0 saturated heterocycles. The number of hydrogen-bond acceptors (Lipinski definition) is 5. The predicted molar refractivity (Wildman–Crippen MR) is 61.0 cm³/mol. The van der Waals surface area contributed by atoms with Crippen LogP contribution in [0.15, 0.2) is 28.9 Å². The van der Waals surface area contributed by atoms with Crippen molar-refractivity contribution in [1.82, 2.24) is 15.6 Å². The maximum atomic E-state index is 12.8. The Bertz CT molecular complexity index is 552. The van der Waals surface area contributed by atoms with Gasteiger partial charge in [-0.3, -0.25) is 4.79 Å². The van der Waals surface area contributed by atoms with Crippen molar-refractivity contribution in [2.45, 2.75) is 13.0 Å². The fourth-order valence-electron chi connectivity index (χ4n) is 1.45. The molecule has 0 bridgehead atoms. The topological polar surface area (TPSA) is 94.0 Å². The Kier molecular flexibility index (Phi) is 3.22. The summed E-state index contributed by atoms with van der Waals surface area (Å²) in [5, 5.41) is 9.36. The van der Waals surface area contributed by atoms with Gasteiger partial charge in [-0.1, -0.05) is 12.1 Å². The van der Waals surface area contributed by atoms with Crippen LogP contribution in [0.2, 0.25) is 0 Å². The highest BCUT2D eigenvalue weighted by Gasteiger charge is 2.18. The Hall–Kier alpha value is -2.44. The number of amides is 1. The first kappa shape index (κ1) is 12.0. The molecule has 0 radical (unpaired) electrons. The fourth-order valence-corrected chi connectivity index (χ4v) is 1.45. The number of nitrogen functional groups attached to an aromatic ring is 1. The van der Waals surface area contributed by atoms with Gasteiger partial charge in [-0.15, -0.1) is 0 Å². The van der Waals surface area contributed by atoms with Gasteiger partial charge in [0.25, 0.3) is 5.91 Å². The van der Waals surface area contributed by atoms with Gasteiger partial charge in [-0.25, -0.2) is 9.02 Å². The molecular weight excluding hydrogens is 239 g/mol. The first-order valence-corrected chi connectivity index (χ1v) is 5.22. The molecule has 0 fully saturated rings. The van der Waals surface area contributed by atoms with Crippen LogP contribution in [0.4, 0.5) is 10.2 Å². The number of nitrogens with zero attached hydrogens (tertiary/aromatic N) is 2. The Morgan fingerprint density at radius 2 is 2.06 bits per heavy atom. The summed E-state index contributed by atoms with van der Waals surface area (Å²) in [4.78, 5) is 11.7. The van der Waals surface area contributed by atoms with E-state index in [1.807, 2.05) is 0 Å². The van der Waals surface area contributed by atoms with Crippen molar-refractivity contribution in [3.63, 3.8) is 0 Å². The van der Waals surface area contributed by atoms with E-state index in [0.29, 0.717) is 0 Å². The number of nitrogens with two attached hydrogens (primary N) is 1. The molecule has 0 aliphatic carbocycles. The smallest absolute Gasteiger partial charge is 0.277 e. The second kappa shape index (κ2) is 4.82. The zero-order valence-electron chi connectivity index (χ0n) is 9.55. The third kappa shape index (κ3) is 2.45. The summed E-state index contributed by atoms with van der Waals surface area (Å²) in [6, 6.07) is 5.51. The summed E-state index contributed by atoms with van der Waals surface area (Å²) >= 11 is 0. The zero-order chi connectivity index (χ0) is 13.1. The molecule has 7 heteroatoms. The number of rotatable bonds is 3. The lowest BCUT2D eigenvalue weighted by Crippen LogP contribution is -2.27. The van der Waals surface area contributed by atoms with Crippen LogP contribution in [0.25, 0.3) is 0 Å². The molecule has 1 aromatic carbocycles. The summed E-state index contributed by atoms with van der Waals surface area (Å²) in [5.41, 5.74) is 6.10. The summed E-state index contributed by atoms with van der Waals surface area (Å²) in [6.07, 6.45) is 0. The van der Waals surface area contributed by atoms with Crippen molar-refractivity contribution >= 4 is 11.7 Å².